The highest BCUT2D eigenvalue weighted by atomic mass is 16.2. The Kier molecular flexibility index (Phi) is 4.65. The molecule has 2 N–H and O–H groups in total. The van der Waals surface area contributed by atoms with E-state index in [1.54, 1.807) is 18.3 Å². The van der Waals surface area contributed by atoms with Crippen molar-refractivity contribution < 1.29 is 9.59 Å². The Morgan fingerprint density at radius 1 is 1.15 bits per heavy atom. The van der Waals surface area contributed by atoms with Gasteiger partial charge in [-0.3, -0.25) is 14.6 Å². The molecule has 5 nitrogen and oxygen atoms in total. The van der Waals surface area contributed by atoms with E-state index in [1.807, 2.05) is 25.1 Å². The normalized spacial score (nSPS) is 10.2. The van der Waals surface area contributed by atoms with E-state index in [0.29, 0.717) is 17.6 Å². The fraction of sp³-hybridized carbons (Fsp3) is 0.267. The number of amides is 2. The van der Waals surface area contributed by atoms with Crippen LogP contribution in [-0.4, -0.2) is 29.9 Å². The van der Waals surface area contributed by atoms with Gasteiger partial charge in [0.05, 0.1) is 17.6 Å². The van der Waals surface area contributed by atoms with Gasteiger partial charge >= 0.3 is 0 Å². The molecule has 0 aliphatic heterocycles. The van der Waals surface area contributed by atoms with Crippen LogP contribution in [0.4, 0.5) is 0 Å². The number of hydrogen-bond donors (Lipinski definition) is 2. The number of carbonyl (C=O) groups is 2. The highest BCUT2D eigenvalue weighted by molar-refractivity contribution is 6.06. The van der Waals surface area contributed by atoms with Crippen LogP contribution in [0.3, 0.4) is 0 Å². The van der Waals surface area contributed by atoms with Crippen molar-refractivity contribution in [3.8, 4) is 0 Å². The molecule has 2 amide bonds. The molecule has 104 valence electrons. The minimum Gasteiger partial charge on any atom is -0.355 e. The van der Waals surface area contributed by atoms with Crippen LogP contribution in [0.5, 0.6) is 0 Å². The topological polar surface area (TPSA) is 71.1 Å². The van der Waals surface area contributed by atoms with Gasteiger partial charge in [0, 0.05) is 18.1 Å². The average molecular weight is 271 g/mol. The summed E-state index contributed by atoms with van der Waals surface area (Å²) in [7, 11) is 0. The fourth-order valence-electron chi connectivity index (χ4n) is 1.87. The number of fused-ring (bicyclic) bond motifs is 1. The molecule has 0 saturated heterocycles. The summed E-state index contributed by atoms with van der Waals surface area (Å²) in [5.41, 5.74) is 1.12. The van der Waals surface area contributed by atoms with Crippen LogP contribution in [0.25, 0.3) is 10.9 Å². The van der Waals surface area contributed by atoms with E-state index in [9.17, 15) is 9.59 Å². The number of nitrogens with one attached hydrogen (secondary N) is 2. The molecule has 1 heterocycles. The van der Waals surface area contributed by atoms with E-state index in [4.69, 9.17) is 0 Å². The molecule has 2 aromatic rings. The highest BCUT2D eigenvalue weighted by Gasteiger charge is 2.11. The molecule has 0 aliphatic carbocycles. The molecular weight excluding hydrogens is 254 g/mol. The Hall–Kier alpha value is -2.43. The largest absolute Gasteiger partial charge is 0.355 e. The summed E-state index contributed by atoms with van der Waals surface area (Å²) in [5, 5.41) is 6.21. The minimum absolute atomic E-state index is 0.0257. The molecular formula is C15H17N3O2. The Balaban J connectivity index is 2.06. The first-order valence-corrected chi connectivity index (χ1v) is 6.61. The average Bonchev–Trinajstić information content (AvgIpc) is 2.50. The number of pyridine rings is 1. The molecule has 0 fully saturated rings. The second kappa shape index (κ2) is 6.65. The zero-order valence-corrected chi connectivity index (χ0v) is 11.3. The monoisotopic (exact) mass is 271 g/mol. The number of para-hydroxylation sites is 1. The van der Waals surface area contributed by atoms with Gasteiger partial charge in [0.15, 0.2) is 0 Å². The number of nitrogens with zero attached hydrogens (tertiary/aromatic N) is 1. The van der Waals surface area contributed by atoms with E-state index < -0.39 is 0 Å². The lowest BCUT2D eigenvalue weighted by molar-refractivity contribution is -0.120. The third-order valence-electron chi connectivity index (χ3n) is 2.86. The van der Waals surface area contributed by atoms with Crippen LogP contribution in [-0.2, 0) is 4.79 Å². The molecule has 0 saturated carbocycles. The summed E-state index contributed by atoms with van der Waals surface area (Å²) in [6, 6.07) is 9.12. The van der Waals surface area contributed by atoms with Gasteiger partial charge in [0.2, 0.25) is 5.91 Å². The predicted molar refractivity (Wildman–Crippen MR) is 77.4 cm³/mol. The summed E-state index contributed by atoms with van der Waals surface area (Å²) in [4.78, 5) is 27.8. The van der Waals surface area contributed by atoms with Gasteiger partial charge in [-0.25, -0.2) is 0 Å². The van der Waals surface area contributed by atoms with Gasteiger partial charge < -0.3 is 10.6 Å². The lowest BCUT2D eigenvalue weighted by atomic mass is 10.1. The van der Waals surface area contributed by atoms with Gasteiger partial charge in [-0.05, 0) is 18.6 Å². The Morgan fingerprint density at radius 3 is 2.75 bits per heavy atom. The first-order valence-electron chi connectivity index (χ1n) is 6.61. The molecule has 2 rings (SSSR count). The van der Waals surface area contributed by atoms with E-state index in [-0.39, 0.29) is 18.4 Å². The van der Waals surface area contributed by atoms with Crippen molar-refractivity contribution in [2.45, 2.75) is 13.3 Å². The van der Waals surface area contributed by atoms with Crippen molar-refractivity contribution in [2.24, 2.45) is 0 Å². The molecule has 1 aromatic carbocycles. The zero-order valence-electron chi connectivity index (χ0n) is 11.3. The van der Waals surface area contributed by atoms with Crippen LogP contribution < -0.4 is 10.6 Å². The maximum absolute atomic E-state index is 12.1. The van der Waals surface area contributed by atoms with Crippen LogP contribution in [0.1, 0.15) is 23.7 Å². The van der Waals surface area contributed by atoms with Crippen LogP contribution in [0, 0.1) is 0 Å². The van der Waals surface area contributed by atoms with Crippen molar-refractivity contribution >= 4 is 22.7 Å². The van der Waals surface area contributed by atoms with Crippen molar-refractivity contribution in [3.05, 3.63) is 42.1 Å². The molecule has 5 heteroatoms. The highest BCUT2D eigenvalue weighted by Crippen LogP contribution is 2.15. The second-order valence-electron chi connectivity index (χ2n) is 4.41. The molecule has 0 unspecified atom stereocenters. The van der Waals surface area contributed by atoms with Gasteiger partial charge in [0.25, 0.3) is 5.91 Å². The van der Waals surface area contributed by atoms with E-state index in [2.05, 4.69) is 15.6 Å². The smallest absolute Gasteiger partial charge is 0.253 e. The van der Waals surface area contributed by atoms with Gasteiger partial charge in [-0.1, -0.05) is 25.1 Å². The van der Waals surface area contributed by atoms with E-state index >= 15 is 0 Å². The Bertz CT molecular complexity index is 620. The zero-order chi connectivity index (χ0) is 14.4. The predicted octanol–water partition coefficient (Wildman–Crippen LogP) is 1.49. The quantitative estimate of drug-likeness (QED) is 0.865. The number of aromatic nitrogens is 1. The molecule has 0 aliphatic rings. The second-order valence-corrected chi connectivity index (χ2v) is 4.41. The standard InChI is InChI=1S/C15H17N3O2/c1-2-8-16-13(19)10-18-15(20)12-7-3-5-11-6-4-9-17-14(11)12/h3-7,9H,2,8,10H2,1H3,(H,16,19)(H,18,20). The third kappa shape index (κ3) is 3.32. The first-order chi connectivity index (χ1) is 9.72. The van der Waals surface area contributed by atoms with Gasteiger partial charge in [0.1, 0.15) is 0 Å². The fourth-order valence-corrected chi connectivity index (χ4v) is 1.87. The summed E-state index contributed by atoms with van der Waals surface area (Å²) in [5.74, 6) is -0.477. The maximum atomic E-state index is 12.1. The lowest BCUT2D eigenvalue weighted by Gasteiger charge is -2.07. The van der Waals surface area contributed by atoms with Crippen molar-refractivity contribution in [2.75, 3.05) is 13.1 Å². The van der Waals surface area contributed by atoms with E-state index in [1.165, 1.54) is 0 Å². The maximum Gasteiger partial charge on any atom is 0.253 e. The van der Waals surface area contributed by atoms with Crippen LogP contribution in [0.15, 0.2) is 36.5 Å². The Morgan fingerprint density at radius 2 is 1.95 bits per heavy atom. The van der Waals surface area contributed by atoms with Crippen molar-refractivity contribution in [1.29, 1.82) is 0 Å². The first kappa shape index (κ1) is 14.0. The minimum atomic E-state index is -0.291. The number of carbonyl (C=O) groups excluding carboxylic acids is 2. The summed E-state index contributed by atoms with van der Waals surface area (Å²) in [6.07, 6.45) is 2.51. The molecule has 1 aromatic heterocycles. The number of benzene rings is 1. The van der Waals surface area contributed by atoms with E-state index in [0.717, 1.165) is 11.8 Å². The molecule has 20 heavy (non-hydrogen) atoms. The lowest BCUT2D eigenvalue weighted by Crippen LogP contribution is -2.37. The SMILES string of the molecule is CCCNC(=O)CNC(=O)c1cccc2cccnc12. The van der Waals surface area contributed by atoms with Crippen molar-refractivity contribution in [1.82, 2.24) is 15.6 Å². The molecule has 0 bridgehead atoms. The summed E-state index contributed by atoms with van der Waals surface area (Å²) < 4.78 is 0. The van der Waals surface area contributed by atoms with Crippen LogP contribution in [0.2, 0.25) is 0 Å². The Labute approximate surface area is 117 Å². The van der Waals surface area contributed by atoms with Crippen LogP contribution >= 0.6 is 0 Å². The summed E-state index contributed by atoms with van der Waals surface area (Å²) in [6.45, 7) is 2.56. The van der Waals surface area contributed by atoms with Gasteiger partial charge in [-0.2, -0.15) is 0 Å². The molecule has 0 spiro atoms. The number of hydrogen-bond acceptors (Lipinski definition) is 3. The van der Waals surface area contributed by atoms with Crippen molar-refractivity contribution in [3.63, 3.8) is 0 Å². The molecule has 0 radical (unpaired) electrons. The van der Waals surface area contributed by atoms with Gasteiger partial charge in [-0.15, -0.1) is 0 Å². The third-order valence-corrected chi connectivity index (χ3v) is 2.86. The number of rotatable bonds is 5. The molecule has 0 atom stereocenters. The summed E-state index contributed by atoms with van der Waals surface area (Å²) >= 11 is 0.